The number of rotatable bonds is 4. The normalized spacial score (nSPS) is 27.1. The molecule has 0 spiro atoms. The van der Waals surface area contributed by atoms with Crippen LogP contribution < -0.4 is 5.32 Å². The summed E-state index contributed by atoms with van der Waals surface area (Å²) in [5.41, 5.74) is 2.81. The summed E-state index contributed by atoms with van der Waals surface area (Å²) in [6.07, 6.45) is 4.09. The van der Waals surface area contributed by atoms with E-state index >= 15 is 0 Å². The summed E-state index contributed by atoms with van der Waals surface area (Å²) >= 11 is 0. The van der Waals surface area contributed by atoms with E-state index < -0.39 is 0 Å². The summed E-state index contributed by atoms with van der Waals surface area (Å²) in [7, 11) is 0. The molecular weight excluding hydrogens is 242 g/mol. The molecule has 0 heterocycles. The van der Waals surface area contributed by atoms with Gasteiger partial charge in [0.05, 0.1) is 0 Å². The minimum Gasteiger partial charge on any atom is -0.382 e. The van der Waals surface area contributed by atoms with Gasteiger partial charge in [0.2, 0.25) is 0 Å². The molecule has 0 aliphatic heterocycles. The van der Waals surface area contributed by atoms with Crippen LogP contribution in [0.15, 0.2) is 24.3 Å². The van der Waals surface area contributed by atoms with E-state index in [9.17, 15) is 0 Å². The summed E-state index contributed by atoms with van der Waals surface area (Å²) in [6.45, 7) is 11.7. The Kier molecular flexibility index (Phi) is 5.12. The maximum Gasteiger partial charge on any atom is 0.0377 e. The van der Waals surface area contributed by atoms with Crippen LogP contribution in [0.3, 0.4) is 0 Å². The molecule has 0 saturated heterocycles. The fraction of sp³-hybridized carbons (Fsp3) is 0.684. The highest BCUT2D eigenvalue weighted by molar-refractivity contribution is 5.53. The van der Waals surface area contributed by atoms with Crippen molar-refractivity contribution in [1.29, 1.82) is 0 Å². The zero-order chi connectivity index (χ0) is 14.7. The lowest BCUT2D eigenvalue weighted by Crippen LogP contribution is -2.38. The van der Waals surface area contributed by atoms with Crippen molar-refractivity contribution in [3.8, 4) is 0 Å². The van der Waals surface area contributed by atoms with Gasteiger partial charge < -0.3 is 5.32 Å². The van der Waals surface area contributed by atoms with Gasteiger partial charge in [0.1, 0.15) is 0 Å². The molecule has 1 saturated carbocycles. The number of nitrogens with one attached hydrogen (secondary N) is 1. The fourth-order valence-electron chi connectivity index (χ4n) is 3.70. The van der Waals surface area contributed by atoms with E-state index in [2.05, 4.69) is 64.2 Å². The molecule has 2 rings (SSSR count). The first kappa shape index (κ1) is 15.4. The number of hydrogen-bond donors (Lipinski definition) is 1. The minimum absolute atomic E-state index is 0.581. The number of para-hydroxylation sites is 1. The molecule has 1 aromatic carbocycles. The molecule has 1 fully saturated rings. The Bertz CT molecular complexity index is 422. The second-order valence-electron chi connectivity index (χ2n) is 7.32. The van der Waals surface area contributed by atoms with Crippen LogP contribution in [0.4, 0.5) is 5.69 Å². The van der Waals surface area contributed by atoms with Gasteiger partial charge in [0.15, 0.2) is 0 Å². The standard InChI is InChI=1S/C19H31N/c1-13(2)16-8-6-7-9-18(16)20-19-12-15(5)10-11-17(19)14(3)4/h6-9,13-15,17,19-20H,10-12H2,1-5H3. The molecule has 20 heavy (non-hydrogen) atoms. The summed E-state index contributed by atoms with van der Waals surface area (Å²) < 4.78 is 0. The quantitative estimate of drug-likeness (QED) is 0.744. The van der Waals surface area contributed by atoms with Crippen LogP contribution in [-0.4, -0.2) is 6.04 Å². The zero-order valence-corrected chi connectivity index (χ0v) is 13.8. The van der Waals surface area contributed by atoms with Crippen molar-refractivity contribution in [2.45, 2.75) is 65.8 Å². The molecule has 0 radical (unpaired) electrons. The van der Waals surface area contributed by atoms with E-state index in [1.807, 2.05) is 0 Å². The fourth-order valence-corrected chi connectivity index (χ4v) is 3.70. The second-order valence-corrected chi connectivity index (χ2v) is 7.32. The third kappa shape index (κ3) is 3.56. The molecule has 3 atom stereocenters. The molecular formula is C19H31N. The Morgan fingerprint density at radius 3 is 2.40 bits per heavy atom. The highest BCUT2D eigenvalue weighted by atomic mass is 14.9. The van der Waals surface area contributed by atoms with Crippen LogP contribution in [0.5, 0.6) is 0 Å². The first-order valence-electron chi connectivity index (χ1n) is 8.34. The maximum absolute atomic E-state index is 3.89. The number of anilines is 1. The van der Waals surface area contributed by atoms with Crippen molar-refractivity contribution in [2.24, 2.45) is 17.8 Å². The second kappa shape index (κ2) is 6.65. The van der Waals surface area contributed by atoms with Crippen LogP contribution in [0, 0.1) is 17.8 Å². The van der Waals surface area contributed by atoms with Crippen LogP contribution in [0.1, 0.15) is 65.4 Å². The van der Waals surface area contributed by atoms with Crippen molar-refractivity contribution in [2.75, 3.05) is 5.32 Å². The van der Waals surface area contributed by atoms with Crippen LogP contribution in [-0.2, 0) is 0 Å². The predicted octanol–water partition coefficient (Wildman–Crippen LogP) is 5.68. The Hall–Kier alpha value is -0.980. The third-order valence-electron chi connectivity index (χ3n) is 4.95. The van der Waals surface area contributed by atoms with E-state index in [1.165, 1.54) is 30.5 Å². The molecule has 1 N–H and O–H groups in total. The Morgan fingerprint density at radius 2 is 1.75 bits per heavy atom. The Labute approximate surface area is 125 Å². The highest BCUT2D eigenvalue weighted by Crippen LogP contribution is 2.36. The largest absolute Gasteiger partial charge is 0.382 e. The van der Waals surface area contributed by atoms with E-state index in [1.54, 1.807) is 0 Å². The molecule has 0 bridgehead atoms. The summed E-state index contributed by atoms with van der Waals surface area (Å²) in [5.74, 6) is 3.02. The van der Waals surface area contributed by atoms with Gasteiger partial charge in [0.25, 0.3) is 0 Å². The molecule has 1 aromatic rings. The van der Waals surface area contributed by atoms with Gasteiger partial charge in [-0.2, -0.15) is 0 Å². The van der Waals surface area contributed by atoms with E-state index in [0.29, 0.717) is 12.0 Å². The van der Waals surface area contributed by atoms with E-state index in [4.69, 9.17) is 0 Å². The van der Waals surface area contributed by atoms with Gasteiger partial charge in [-0.25, -0.2) is 0 Å². The number of benzene rings is 1. The van der Waals surface area contributed by atoms with Crippen molar-refractivity contribution in [3.05, 3.63) is 29.8 Å². The average Bonchev–Trinajstić information content (AvgIpc) is 2.38. The first-order chi connectivity index (χ1) is 9.49. The van der Waals surface area contributed by atoms with Gasteiger partial charge in [0, 0.05) is 11.7 Å². The molecule has 1 aliphatic carbocycles. The van der Waals surface area contributed by atoms with Gasteiger partial charge in [-0.05, 0) is 48.1 Å². The van der Waals surface area contributed by atoms with Crippen LogP contribution in [0.25, 0.3) is 0 Å². The maximum atomic E-state index is 3.89. The summed E-state index contributed by atoms with van der Waals surface area (Å²) in [5, 5.41) is 3.89. The molecule has 3 unspecified atom stereocenters. The lowest BCUT2D eigenvalue weighted by molar-refractivity contribution is 0.212. The van der Waals surface area contributed by atoms with E-state index in [0.717, 1.165) is 17.8 Å². The van der Waals surface area contributed by atoms with Gasteiger partial charge in [-0.3, -0.25) is 0 Å². The zero-order valence-electron chi connectivity index (χ0n) is 13.8. The number of hydrogen-bond acceptors (Lipinski definition) is 1. The first-order valence-corrected chi connectivity index (χ1v) is 8.34. The van der Waals surface area contributed by atoms with Crippen molar-refractivity contribution < 1.29 is 0 Å². The lowest BCUT2D eigenvalue weighted by atomic mass is 9.74. The predicted molar refractivity (Wildman–Crippen MR) is 89.3 cm³/mol. The van der Waals surface area contributed by atoms with Crippen molar-refractivity contribution in [3.63, 3.8) is 0 Å². The topological polar surface area (TPSA) is 12.0 Å². The van der Waals surface area contributed by atoms with Crippen LogP contribution >= 0.6 is 0 Å². The van der Waals surface area contributed by atoms with Crippen molar-refractivity contribution >= 4 is 5.69 Å². The molecule has 1 aliphatic rings. The molecule has 112 valence electrons. The van der Waals surface area contributed by atoms with E-state index in [-0.39, 0.29) is 0 Å². The van der Waals surface area contributed by atoms with Gasteiger partial charge >= 0.3 is 0 Å². The monoisotopic (exact) mass is 273 g/mol. The Morgan fingerprint density at radius 1 is 1.05 bits per heavy atom. The molecule has 1 nitrogen and oxygen atoms in total. The molecule has 1 heteroatoms. The van der Waals surface area contributed by atoms with Crippen molar-refractivity contribution in [1.82, 2.24) is 0 Å². The molecule has 0 amide bonds. The smallest absolute Gasteiger partial charge is 0.0377 e. The summed E-state index contributed by atoms with van der Waals surface area (Å²) in [4.78, 5) is 0. The Balaban J connectivity index is 2.18. The highest BCUT2D eigenvalue weighted by Gasteiger charge is 2.30. The van der Waals surface area contributed by atoms with Gasteiger partial charge in [-0.1, -0.05) is 59.2 Å². The SMILES string of the molecule is CC1CCC(C(C)C)C(Nc2ccccc2C(C)C)C1. The van der Waals surface area contributed by atoms with Crippen LogP contribution in [0.2, 0.25) is 0 Å². The lowest BCUT2D eigenvalue weighted by Gasteiger charge is -2.39. The molecule has 0 aromatic heterocycles. The average molecular weight is 273 g/mol. The van der Waals surface area contributed by atoms with Gasteiger partial charge in [-0.15, -0.1) is 0 Å². The summed E-state index contributed by atoms with van der Waals surface area (Å²) in [6, 6.07) is 9.48. The third-order valence-corrected chi connectivity index (χ3v) is 4.95. The minimum atomic E-state index is 0.581.